The maximum Gasteiger partial charge on any atom is 0.263 e. The van der Waals surface area contributed by atoms with E-state index in [0.717, 1.165) is 12.3 Å². The van der Waals surface area contributed by atoms with Crippen LogP contribution in [0.1, 0.15) is 13.8 Å². The van der Waals surface area contributed by atoms with E-state index in [2.05, 4.69) is 10.9 Å². The van der Waals surface area contributed by atoms with Crippen molar-refractivity contribution in [3.8, 4) is 0 Å². The van der Waals surface area contributed by atoms with Crippen LogP contribution in [0, 0.1) is 5.92 Å². The van der Waals surface area contributed by atoms with Gasteiger partial charge < -0.3 is 11.5 Å². The Hall–Kier alpha value is -1.56. The third kappa shape index (κ3) is 4.46. The lowest BCUT2D eigenvalue weighted by molar-refractivity contribution is -0.128. The van der Waals surface area contributed by atoms with Crippen LogP contribution in [0.4, 0.5) is 0 Å². The van der Waals surface area contributed by atoms with Crippen molar-refractivity contribution in [2.45, 2.75) is 19.9 Å². The molecular formula is C8H16N4O2. The molecule has 2 amide bonds. The van der Waals surface area contributed by atoms with Crippen molar-refractivity contribution in [1.82, 2.24) is 10.9 Å². The SMILES string of the molecule is CC(C)C(N)C(=O)NNC(=O)/C=C\N. The first kappa shape index (κ1) is 12.4. The number of rotatable bonds is 3. The number of amides is 2. The summed E-state index contributed by atoms with van der Waals surface area (Å²) in [6, 6.07) is -0.642. The maximum absolute atomic E-state index is 11.2. The van der Waals surface area contributed by atoms with Gasteiger partial charge in [0, 0.05) is 6.08 Å². The van der Waals surface area contributed by atoms with Crippen LogP contribution in [0.3, 0.4) is 0 Å². The molecule has 0 aliphatic heterocycles. The number of hydrogen-bond donors (Lipinski definition) is 4. The molecule has 6 heteroatoms. The second kappa shape index (κ2) is 5.98. The Balaban J connectivity index is 3.91. The molecule has 0 aliphatic carbocycles. The first-order valence-electron chi connectivity index (χ1n) is 4.22. The average molecular weight is 200 g/mol. The number of carbonyl (C=O) groups excluding carboxylic acids is 2. The molecule has 0 aliphatic rings. The van der Waals surface area contributed by atoms with Crippen LogP contribution in [0.2, 0.25) is 0 Å². The Labute approximate surface area is 82.7 Å². The first-order valence-corrected chi connectivity index (χ1v) is 4.22. The summed E-state index contributed by atoms with van der Waals surface area (Å²) in [6.45, 7) is 3.62. The Kier molecular flexibility index (Phi) is 5.31. The third-order valence-corrected chi connectivity index (χ3v) is 1.58. The third-order valence-electron chi connectivity index (χ3n) is 1.58. The van der Waals surface area contributed by atoms with Crippen LogP contribution >= 0.6 is 0 Å². The van der Waals surface area contributed by atoms with Gasteiger partial charge >= 0.3 is 0 Å². The van der Waals surface area contributed by atoms with Crippen LogP contribution in [-0.2, 0) is 9.59 Å². The summed E-state index contributed by atoms with van der Waals surface area (Å²) in [5.41, 5.74) is 14.8. The van der Waals surface area contributed by atoms with Gasteiger partial charge in [0.2, 0.25) is 0 Å². The molecule has 0 aromatic carbocycles. The maximum atomic E-state index is 11.2. The molecule has 0 saturated carbocycles. The lowest BCUT2D eigenvalue weighted by Crippen LogP contribution is -2.50. The summed E-state index contributed by atoms with van der Waals surface area (Å²) < 4.78 is 0. The minimum atomic E-state index is -0.642. The zero-order valence-electron chi connectivity index (χ0n) is 8.28. The highest BCUT2D eigenvalue weighted by molar-refractivity contribution is 5.90. The summed E-state index contributed by atoms with van der Waals surface area (Å²) in [7, 11) is 0. The van der Waals surface area contributed by atoms with Crippen molar-refractivity contribution in [1.29, 1.82) is 0 Å². The van der Waals surface area contributed by atoms with Gasteiger partial charge in [0.05, 0.1) is 6.04 Å². The van der Waals surface area contributed by atoms with Crippen molar-refractivity contribution in [2.24, 2.45) is 17.4 Å². The highest BCUT2D eigenvalue weighted by Gasteiger charge is 2.16. The molecule has 0 saturated heterocycles. The van der Waals surface area contributed by atoms with Gasteiger partial charge in [0.25, 0.3) is 11.8 Å². The number of carbonyl (C=O) groups is 2. The van der Waals surface area contributed by atoms with E-state index in [1.807, 2.05) is 13.8 Å². The molecule has 0 bridgehead atoms. The van der Waals surface area contributed by atoms with Gasteiger partial charge in [-0.1, -0.05) is 13.8 Å². The molecule has 0 rings (SSSR count). The monoisotopic (exact) mass is 200 g/mol. The van der Waals surface area contributed by atoms with Crippen molar-refractivity contribution in [3.05, 3.63) is 12.3 Å². The van der Waals surface area contributed by atoms with Gasteiger partial charge in [-0.15, -0.1) is 0 Å². The van der Waals surface area contributed by atoms with E-state index in [0.29, 0.717) is 0 Å². The van der Waals surface area contributed by atoms with E-state index < -0.39 is 17.9 Å². The summed E-state index contributed by atoms with van der Waals surface area (Å²) in [5.74, 6) is -0.924. The zero-order chi connectivity index (χ0) is 11.1. The standard InChI is InChI=1S/C8H16N4O2/c1-5(2)7(10)8(14)12-11-6(13)3-4-9/h3-5,7H,9-10H2,1-2H3,(H,11,13)(H,12,14)/b4-3-. The predicted molar refractivity (Wildman–Crippen MR) is 52.4 cm³/mol. The summed E-state index contributed by atoms with van der Waals surface area (Å²) in [6.07, 6.45) is 2.16. The second-order valence-electron chi connectivity index (χ2n) is 3.11. The van der Waals surface area contributed by atoms with Crippen molar-refractivity contribution in [2.75, 3.05) is 0 Å². The summed E-state index contributed by atoms with van der Waals surface area (Å²) >= 11 is 0. The molecular weight excluding hydrogens is 184 g/mol. The van der Waals surface area contributed by atoms with Crippen LogP contribution in [-0.4, -0.2) is 17.9 Å². The van der Waals surface area contributed by atoms with Gasteiger partial charge in [-0.2, -0.15) is 0 Å². The van der Waals surface area contributed by atoms with Gasteiger partial charge in [-0.05, 0) is 12.1 Å². The minimum absolute atomic E-state index is 0.0111. The number of hydrogen-bond acceptors (Lipinski definition) is 4. The predicted octanol–water partition coefficient (Wildman–Crippen LogP) is -1.41. The van der Waals surface area contributed by atoms with Crippen molar-refractivity contribution < 1.29 is 9.59 Å². The van der Waals surface area contributed by atoms with Crippen LogP contribution in [0.25, 0.3) is 0 Å². The number of nitrogens with one attached hydrogen (secondary N) is 2. The van der Waals surface area contributed by atoms with Gasteiger partial charge in [-0.3, -0.25) is 20.4 Å². The van der Waals surface area contributed by atoms with E-state index in [1.165, 1.54) is 0 Å². The quantitative estimate of drug-likeness (QED) is 0.331. The van der Waals surface area contributed by atoms with Crippen molar-refractivity contribution in [3.63, 3.8) is 0 Å². The molecule has 0 spiro atoms. The van der Waals surface area contributed by atoms with E-state index in [1.54, 1.807) is 0 Å². The Bertz CT molecular complexity index is 237. The van der Waals surface area contributed by atoms with E-state index in [4.69, 9.17) is 11.5 Å². The lowest BCUT2D eigenvalue weighted by atomic mass is 10.1. The largest absolute Gasteiger partial charge is 0.404 e. The van der Waals surface area contributed by atoms with Gasteiger partial charge in [0.1, 0.15) is 0 Å². The second-order valence-corrected chi connectivity index (χ2v) is 3.11. The number of nitrogens with two attached hydrogens (primary N) is 2. The van der Waals surface area contributed by atoms with E-state index in [-0.39, 0.29) is 5.92 Å². The summed E-state index contributed by atoms with van der Waals surface area (Å²) in [4.78, 5) is 22.0. The Morgan fingerprint density at radius 3 is 2.29 bits per heavy atom. The van der Waals surface area contributed by atoms with Crippen LogP contribution in [0.15, 0.2) is 12.3 Å². The Morgan fingerprint density at radius 2 is 1.86 bits per heavy atom. The average Bonchev–Trinajstić information content (AvgIpc) is 2.13. The Morgan fingerprint density at radius 1 is 1.29 bits per heavy atom. The number of hydrazine groups is 1. The molecule has 1 atom stereocenters. The van der Waals surface area contributed by atoms with Gasteiger partial charge in [0.15, 0.2) is 0 Å². The first-order chi connectivity index (χ1) is 6.49. The molecule has 6 N–H and O–H groups in total. The molecule has 0 heterocycles. The lowest BCUT2D eigenvalue weighted by Gasteiger charge is -2.14. The van der Waals surface area contributed by atoms with Crippen molar-refractivity contribution >= 4 is 11.8 Å². The molecule has 1 unspecified atom stereocenters. The smallest absolute Gasteiger partial charge is 0.263 e. The van der Waals surface area contributed by atoms with Crippen LogP contribution in [0.5, 0.6) is 0 Å². The fourth-order valence-corrected chi connectivity index (χ4v) is 0.638. The molecule has 6 nitrogen and oxygen atoms in total. The minimum Gasteiger partial charge on any atom is -0.404 e. The van der Waals surface area contributed by atoms with E-state index in [9.17, 15) is 9.59 Å². The highest BCUT2D eigenvalue weighted by Crippen LogP contribution is 1.96. The molecule has 0 aromatic heterocycles. The zero-order valence-corrected chi connectivity index (χ0v) is 8.28. The molecule has 0 aromatic rings. The molecule has 80 valence electrons. The molecule has 0 radical (unpaired) electrons. The van der Waals surface area contributed by atoms with E-state index >= 15 is 0 Å². The summed E-state index contributed by atoms with van der Waals surface area (Å²) in [5, 5.41) is 0. The topological polar surface area (TPSA) is 110 Å². The molecule has 0 fully saturated rings. The van der Waals surface area contributed by atoms with Gasteiger partial charge in [-0.25, -0.2) is 0 Å². The highest BCUT2D eigenvalue weighted by atomic mass is 16.2. The fraction of sp³-hybridized carbons (Fsp3) is 0.500. The normalized spacial score (nSPS) is 12.9. The molecule has 14 heavy (non-hydrogen) atoms. The fourth-order valence-electron chi connectivity index (χ4n) is 0.638. The van der Waals surface area contributed by atoms with Crippen LogP contribution < -0.4 is 22.3 Å².